The van der Waals surface area contributed by atoms with Crippen molar-refractivity contribution in [3.8, 4) is 0 Å². The number of unbranched alkanes of at least 4 members (excludes halogenated alkanes) is 15. The van der Waals surface area contributed by atoms with Gasteiger partial charge in [-0.1, -0.05) is 127 Å². The molecule has 0 aliphatic carbocycles. The molecule has 0 amide bonds. The second kappa shape index (κ2) is 17.1. The van der Waals surface area contributed by atoms with Gasteiger partial charge >= 0.3 is 0 Å². The highest BCUT2D eigenvalue weighted by Gasteiger charge is 2.27. The van der Waals surface area contributed by atoms with Crippen molar-refractivity contribution in [2.75, 3.05) is 19.6 Å². The summed E-state index contributed by atoms with van der Waals surface area (Å²) < 4.78 is 1.12. The van der Waals surface area contributed by atoms with Gasteiger partial charge in [-0.05, 0) is 44.2 Å². The summed E-state index contributed by atoms with van der Waals surface area (Å²) in [5, 5.41) is 2.83. The third kappa shape index (κ3) is 9.81. The maximum Gasteiger partial charge on any atom is 0.140 e. The van der Waals surface area contributed by atoms with Gasteiger partial charge in [0.05, 0.1) is 19.6 Å². The highest BCUT2D eigenvalue weighted by Crippen LogP contribution is 2.32. The van der Waals surface area contributed by atoms with Crippen molar-refractivity contribution in [2.24, 2.45) is 0 Å². The Morgan fingerprint density at radius 3 is 1.45 bits per heavy atom. The lowest BCUT2D eigenvalue weighted by atomic mass is 10.0. The van der Waals surface area contributed by atoms with Gasteiger partial charge in [0.1, 0.15) is 5.69 Å². The lowest BCUT2D eigenvalue weighted by Gasteiger charge is -2.37. The first-order valence-electron chi connectivity index (χ1n) is 14.6. The summed E-state index contributed by atoms with van der Waals surface area (Å²) in [6, 6.07) is 15.8. The molecule has 1 heteroatoms. The predicted octanol–water partition coefficient (Wildman–Crippen LogP) is 10.4. The summed E-state index contributed by atoms with van der Waals surface area (Å²) in [4.78, 5) is 0. The summed E-state index contributed by atoms with van der Waals surface area (Å²) in [5.41, 5.74) is 1.53. The Labute approximate surface area is 206 Å². The van der Waals surface area contributed by atoms with Gasteiger partial charge in [0.25, 0.3) is 0 Å². The van der Waals surface area contributed by atoms with E-state index in [2.05, 4.69) is 63.2 Å². The first-order valence-corrected chi connectivity index (χ1v) is 14.6. The maximum atomic E-state index is 2.38. The van der Waals surface area contributed by atoms with Crippen molar-refractivity contribution in [3.05, 3.63) is 42.5 Å². The molecule has 0 aromatic heterocycles. The van der Waals surface area contributed by atoms with Gasteiger partial charge in [-0.25, -0.2) is 0 Å². The molecule has 0 N–H and O–H groups in total. The van der Waals surface area contributed by atoms with Crippen LogP contribution in [0, 0.1) is 0 Å². The van der Waals surface area contributed by atoms with E-state index < -0.39 is 0 Å². The third-order valence-corrected chi connectivity index (χ3v) is 7.93. The van der Waals surface area contributed by atoms with Crippen molar-refractivity contribution in [1.82, 2.24) is 4.48 Å². The molecule has 0 bridgehead atoms. The molecule has 2 aromatic rings. The van der Waals surface area contributed by atoms with Crippen LogP contribution in [-0.2, 0) is 0 Å². The monoisotopic (exact) mass is 452 g/mol. The minimum atomic E-state index is 1.12. The number of quaternary nitrogens is 1. The van der Waals surface area contributed by atoms with Crippen LogP contribution in [0.5, 0.6) is 0 Å². The van der Waals surface area contributed by atoms with Crippen LogP contribution in [0.15, 0.2) is 42.5 Å². The fraction of sp³-hybridized carbons (Fsp3) is 0.688. The van der Waals surface area contributed by atoms with Crippen LogP contribution in [0.25, 0.3) is 10.8 Å². The molecule has 0 heterocycles. The molecule has 0 aliphatic rings. The van der Waals surface area contributed by atoms with Crippen LogP contribution in [-0.4, -0.2) is 19.6 Å². The Morgan fingerprint density at radius 1 is 0.485 bits per heavy atom. The lowest BCUT2D eigenvalue weighted by molar-refractivity contribution is 0.294. The molecule has 0 unspecified atom stereocenters. The Balaban J connectivity index is 1.56. The van der Waals surface area contributed by atoms with E-state index in [-0.39, 0.29) is 0 Å². The fourth-order valence-electron chi connectivity index (χ4n) is 5.59. The molecule has 0 spiro atoms. The number of nitrogens with zero attached hydrogens (tertiary/aromatic N) is 1. The van der Waals surface area contributed by atoms with Gasteiger partial charge in [0.2, 0.25) is 0 Å². The number of benzene rings is 2. The summed E-state index contributed by atoms with van der Waals surface area (Å²) in [6.07, 6.45) is 23.0. The van der Waals surface area contributed by atoms with Crippen LogP contribution >= 0.6 is 0 Å². The van der Waals surface area contributed by atoms with Crippen molar-refractivity contribution in [2.45, 2.75) is 124 Å². The van der Waals surface area contributed by atoms with E-state index in [1.54, 1.807) is 0 Å². The van der Waals surface area contributed by atoms with Crippen molar-refractivity contribution in [3.63, 3.8) is 0 Å². The van der Waals surface area contributed by atoms with Gasteiger partial charge in [-0.2, -0.15) is 0 Å². The smallest absolute Gasteiger partial charge is 0.140 e. The summed E-state index contributed by atoms with van der Waals surface area (Å²) >= 11 is 0. The molecule has 2 rings (SSSR count). The molecule has 0 radical (unpaired) electrons. The Hall–Kier alpha value is -1.34. The number of fused-ring (bicyclic) bond motifs is 1. The van der Waals surface area contributed by atoms with Crippen molar-refractivity contribution in [1.29, 1.82) is 0 Å². The van der Waals surface area contributed by atoms with Crippen LogP contribution in [0.1, 0.15) is 124 Å². The number of hydrogen-bond donors (Lipinski definition) is 0. The Morgan fingerprint density at radius 2 is 0.939 bits per heavy atom. The van der Waals surface area contributed by atoms with Gasteiger partial charge in [0, 0.05) is 5.39 Å². The molecule has 1 nitrogen and oxygen atoms in total. The minimum absolute atomic E-state index is 1.12. The zero-order valence-corrected chi connectivity index (χ0v) is 22.4. The quantitative estimate of drug-likeness (QED) is 0.138. The lowest BCUT2D eigenvalue weighted by Crippen LogP contribution is -2.49. The topological polar surface area (TPSA) is 0 Å². The first kappa shape index (κ1) is 27.9. The van der Waals surface area contributed by atoms with Crippen LogP contribution in [0.4, 0.5) is 5.69 Å². The van der Waals surface area contributed by atoms with Gasteiger partial charge in [0.15, 0.2) is 0 Å². The maximum absolute atomic E-state index is 2.38. The van der Waals surface area contributed by atoms with E-state index in [9.17, 15) is 0 Å². The van der Waals surface area contributed by atoms with Crippen LogP contribution in [0.3, 0.4) is 0 Å². The van der Waals surface area contributed by atoms with E-state index in [4.69, 9.17) is 0 Å². The molecule has 186 valence electrons. The highest BCUT2D eigenvalue weighted by molar-refractivity contribution is 5.93. The second-order valence-corrected chi connectivity index (χ2v) is 10.3. The first-order chi connectivity index (χ1) is 16.3. The molecule has 2 aromatic carbocycles. The second-order valence-electron chi connectivity index (χ2n) is 10.3. The average Bonchev–Trinajstić information content (AvgIpc) is 2.86. The SMILES string of the molecule is CCCCCCCCCCCCCCCCCC[N+](CC)(CC)c1cccc2ccccc12. The molecule has 0 saturated heterocycles. The minimum Gasteiger partial charge on any atom is -0.291 e. The Kier molecular flexibility index (Phi) is 14.5. The molecule has 0 aliphatic heterocycles. The van der Waals surface area contributed by atoms with Crippen LogP contribution in [0.2, 0.25) is 0 Å². The zero-order valence-electron chi connectivity index (χ0n) is 22.4. The summed E-state index contributed by atoms with van der Waals surface area (Å²) in [7, 11) is 0. The van der Waals surface area contributed by atoms with E-state index in [1.165, 1.54) is 139 Å². The molecule has 0 atom stereocenters. The van der Waals surface area contributed by atoms with E-state index in [0.29, 0.717) is 0 Å². The van der Waals surface area contributed by atoms with E-state index in [1.807, 2.05) is 0 Å². The molecular weight excluding hydrogens is 398 g/mol. The van der Waals surface area contributed by atoms with Gasteiger partial charge in [-0.15, -0.1) is 0 Å². The number of rotatable bonds is 20. The van der Waals surface area contributed by atoms with Gasteiger partial charge < -0.3 is 0 Å². The highest BCUT2D eigenvalue weighted by atomic mass is 15.3. The Bertz CT molecular complexity index is 725. The predicted molar refractivity (Wildman–Crippen MR) is 151 cm³/mol. The van der Waals surface area contributed by atoms with Crippen molar-refractivity contribution >= 4 is 16.5 Å². The van der Waals surface area contributed by atoms with Crippen LogP contribution < -0.4 is 4.48 Å². The largest absolute Gasteiger partial charge is 0.291 e. The third-order valence-electron chi connectivity index (χ3n) is 7.93. The van der Waals surface area contributed by atoms with Gasteiger partial charge in [-0.3, -0.25) is 4.48 Å². The van der Waals surface area contributed by atoms with Crippen molar-refractivity contribution < 1.29 is 0 Å². The average molecular weight is 453 g/mol. The molecule has 0 saturated carbocycles. The molecule has 0 fully saturated rings. The van der Waals surface area contributed by atoms with E-state index in [0.717, 1.165) is 4.48 Å². The fourth-order valence-corrected chi connectivity index (χ4v) is 5.59. The summed E-state index contributed by atoms with van der Waals surface area (Å²) in [6.45, 7) is 10.7. The molecule has 33 heavy (non-hydrogen) atoms. The molecular formula is C32H54N+. The standard InChI is InChI=1S/C32H54N/c1-4-7-8-9-10-11-12-13-14-15-16-17-18-19-20-23-29-33(5-2,6-3)32-28-24-26-30-25-21-22-27-31(30)32/h21-22,24-28H,4-20,23,29H2,1-3H3/q+1. The normalized spacial score (nSPS) is 12.0. The van der Waals surface area contributed by atoms with E-state index >= 15 is 0 Å². The zero-order chi connectivity index (χ0) is 23.6. The summed E-state index contributed by atoms with van der Waals surface area (Å²) in [5.74, 6) is 0. The number of hydrogen-bond acceptors (Lipinski definition) is 0.